The van der Waals surface area contributed by atoms with Crippen molar-refractivity contribution in [2.24, 2.45) is 0 Å². The van der Waals surface area contributed by atoms with E-state index in [4.69, 9.17) is 16.9 Å². The fraction of sp³-hybridized carbons (Fsp3) is 0.462. The fourth-order valence-corrected chi connectivity index (χ4v) is 2.62. The molecule has 1 heterocycles. The van der Waals surface area contributed by atoms with Crippen molar-refractivity contribution in [3.8, 4) is 6.07 Å². The maximum Gasteiger partial charge on any atom is 0.142 e. The van der Waals surface area contributed by atoms with E-state index >= 15 is 0 Å². The molecule has 1 aliphatic heterocycles. The van der Waals surface area contributed by atoms with E-state index in [0.717, 1.165) is 25.2 Å². The van der Waals surface area contributed by atoms with Crippen LogP contribution in [0.2, 0.25) is 5.02 Å². The van der Waals surface area contributed by atoms with Crippen molar-refractivity contribution < 1.29 is 8.78 Å². The first-order valence-corrected chi connectivity index (χ1v) is 6.48. The molecule has 0 aliphatic carbocycles. The molecule has 0 spiro atoms. The van der Waals surface area contributed by atoms with Crippen LogP contribution in [0.5, 0.6) is 0 Å². The first-order valence-electron chi connectivity index (χ1n) is 6.10. The number of rotatable bonds is 3. The number of piperazine rings is 1. The van der Waals surface area contributed by atoms with Crippen LogP contribution >= 0.6 is 11.6 Å². The van der Waals surface area contributed by atoms with Crippen LogP contribution < -0.4 is 5.32 Å². The Kier molecular flexibility index (Phi) is 4.70. The Morgan fingerprint density at radius 1 is 1.32 bits per heavy atom. The largest absolute Gasteiger partial charge is 0.314 e. The first-order chi connectivity index (χ1) is 9.15. The second kappa shape index (κ2) is 6.29. The summed E-state index contributed by atoms with van der Waals surface area (Å²) >= 11 is 5.88. The quantitative estimate of drug-likeness (QED) is 0.867. The SMILES string of the molecule is N#CC[C@@H](c1c(F)ccc(F)c1Cl)N1CCNCC1. The van der Waals surface area contributed by atoms with Gasteiger partial charge < -0.3 is 5.32 Å². The van der Waals surface area contributed by atoms with E-state index in [9.17, 15) is 8.78 Å². The highest BCUT2D eigenvalue weighted by atomic mass is 35.5. The van der Waals surface area contributed by atoms with E-state index in [1.54, 1.807) is 0 Å². The molecule has 3 nitrogen and oxygen atoms in total. The summed E-state index contributed by atoms with van der Waals surface area (Å²) in [6, 6.07) is 3.58. The number of hydrogen-bond donors (Lipinski definition) is 1. The maximum atomic E-state index is 14.0. The molecule has 2 rings (SSSR count). The standard InChI is InChI=1S/C13H14ClF2N3/c14-13-10(16)2-1-9(15)12(13)11(3-4-17)19-7-5-18-6-8-19/h1-2,11,18H,3,5-8H2/t11-/m0/s1. The van der Waals surface area contributed by atoms with Crippen LogP contribution in [0.1, 0.15) is 18.0 Å². The van der Waals surface area contributed by atoms with Gasteiger partial charge in [0.25, 0.3) is 0 Å². The van der Waals surface area contributed by atoms with Crippen LogP contribution in [-0.2, 0) is 0 Å². The van der Waals surface area contributed by atoms with Crippen molar-refractivity contribution in [3.05, 3.63) is 34.4 Å². The predicted molar refractivity (Wildman–Crippen MR) is 68.8 cm³/mol. The van der Waals surface area contributed by atoms with Crippen LogP contribution in [0.25, 0.3) is 0 Å². The summed E-state index contributed by atoms with van der Waals surface area (Å²) in [5.74, 6) is -1.22. The van der Waals surface area contributed by atoms with E-state index in [0.29, 0.717) is 13.1 Å². The normalized spacial score (nSPS) is 18.0. The van der Waals surface area contributed by atoms with E-state index in [1.807, 2.05) is 11.0 Å². The summed E-state index contributed by atoms with van der Waals surface area (Å²) in [5, 5.41) is 11.9. The highest BCUT2D eigenvalue weighted by molar-refractivity contribution is 6.31. The van der Waals surface area contributed by atoms with Gasteiger partial charge in [0.2, 0.25) is 0 Å². The lowest BCUT2D eigenvalue weighted by atomic mass is 10.0. The Morgan fingerprint density at radius 3 is 2.58 bits per heavy atom. The molecular formula is C13H14ClF2N3. The molecule has 0 radical (unpaired) electrons. The Balaban J connectivity index is 2.38. The smallest absolute Gasteiger partial charge is 0.142 e. The van der Waals surface area contributed by atoms with Crippen molar-refractivity contribution in [3.63, 3.8) is 0 Å². The minimum Gasteiger partial charge on any atom is -0.314 e. The summed E-state index contributed by atoms with van der Waals surface area (Å²) in [7, 11) is 0. The van der Waals surface area contributed by atoms with Gasteiger partial charge in [-0.2, -0.15) is 5.26 Å². The van der Waals surface area contributed by atoms with Crippen LogP contribution in [-0.4, -0.2) is 31.1 Å². The molecule has 1 aliphatic rings. The van der Waals surface area contributed by atoms with E-state index < -0.39 is 17.7 Å². The van der Waals surface area contributed by atoms with E-state index in [2.05, 4.69) is 5.32 Å². The van der Waals surface area contributed by atoms with Gasteiger partial charge in [0.1, 0.15) is 11.6 Å². The van der Waals surface area contributed by atoms with Gasteiger partial charge in [-0.05, 0) is 12.1 Å². The molecule has 0 amide bonds. The number of halogens is 3. The number of hydrogen-bond acceptors (Lipinski definition) is 3. The molecule has 0 aromatic heterocycles. The number of nitrogens with zero attached hydrogens (tertiary/aromatic N) is 2. The number of benzene rings is 1. The van der Waals surface area contributed by atoms with Crippen LogP contribution in [0, 0.1) is 23.0 Å². The highest BCUT2D eigenvalue weighted by Gasteiger charge is 2.27. The van der Waals surface area contributed by atoms with Crippen LogP contribution in [0.3, 0.4) is 0 Å². The van der Waals surface area contributed by atoms with Gasteiger partial charge >= 0.3 is 0 Å². The molecule has 1 saturated heterocycles. The van der Waals surface area contributed by atoms with Crippen LogP contribution in [0.15, 0.2) is 12.1 Å². The molecular weight excluding hydrogens is 272 g/mol. The Hall–Kier alpha value is -1.22. The zero-order chi connectivity index (χ0) is 13.8. The third-order valence-electron chi connectivity index (χ3n) is 3.29. The Morgan fingerprint density at radius 2 is 1.95 bits per heavy atom. The monoisotopic (exact) mass is 285 g/mol. The van der Waals surface area contributed by atoms with Crippen molar-refractivity contribution in [1.29, 1.82) is 5.26 Å². The molecule has 0 bridgehead atoms. The van der Waals surface area contributed by atoms with Crippen molar-refractivity contribution >= 4 is 11.6 Å². The average Bonchev–Trinajstić information content (AvgIpc) is 2.43. The van der Waals surface area contributed by atoms with Gasteiger partial charge in [0.05, 0.1) is 23.6 Å². The van der Waals surface area contributed by atoms with Gasteiger partial charge in [0.15, 0.2) is 0 Å². The molecule has 19 heavy (non-hydrogen) atoms. The van der Waals surface area contributed by atoms with Gasteiger partial charge in [0, 0.05) is 31.7 Å². The van der Waals surface area contributed by atoms with Gasteiger partial charge in [-0.25, -0.2) is 8.78 Å². The fourth-order valence-electron chi connectivity index (χ4n) is 2.34. The molecule has 1 atom stereocenters. The Bertz CT molecular complexity index is 495. The lowest BCUT2D eigenvalue weighted by Gasteiger charge is -2.34. The van der Waals surface area contributed by atoms with Crippen molar-refractivity contribution in [1.82, 2.24) is 10.2 Å². The minimum absolute atomic E-state index is 0.0834. The summed E-state index contributed by atoms with van der Waals surface area (Å²) in [4.78, 5) is 1.96. The molecule has 6 heteroatoms. The van der Waals surface area contributed by atoms with Crippen molar-refractivity contribution in [2.75, 3.05) is 26.2 Å². The summed E-state index contributed by atoms with van der Waals surface area (Å²) < 4.78 is 27.5. The van der Waals surface area contributed by atoms with Crippen LogP contribution in [0.4, 0.5) is 8.78 Å². The zero-order valence-electron chi connectivity index (χ0n) is 10.3. The zero-order valence-corrected chi connectivity index (χ0v) is 11.1. The Labute approximate surface area is 115 Å². The lowest BCUT2D eigenvalue weighted by molar-refractivity contribution is 0.172. The van der Waals surface area contributed by atoms with E-state index in [1.165, 1.54) is 0 Å². The number of nitrogens with one attached hydrogen (secondary N) is 1. The molecule has 1 N–H and O–H groups in total. The minimum atomic E-state index is -0.656. The molecule has 0 unspecified atom stereocenters. The first kappa shape index (κ1) is 14.2. The maximum absolute atomic E-state index is 14.0. The second-order valence-corrected chi connectivity index (χ2v) is 4.80. The summed E-state index contributed by atoms with van der Waals surface area (Å²) in [5.41, 5.74) is 0.0881. The predicted octanol–water partition coefficient (Wildman–Crippen LogP) is 2.48. The topological polar surface area (TPSA) is 39.1 Å². The highest BCUT2D eigenvalue weighted by Crippen LogP contribution is 2.34. The van der Waals surface area contributed by atoms with Crippen molar-refractivity contribution in [2.45, 2.75) is 12.5 Å². The molecule has 0 saturated carbocycles. The van der Waals surface area contributed by atoms with Gasteiger partial charge in [-0.15, -0.1) is 0 Å². The second-order valence-electron chi connectivity index (χ2n) is 4.42. The van der Waals surface area contributed by atoms with Gasteiger partial charge in [-0.1, -0.05) is 11.6 Å². The molecule has 1 aromatic carbocycles. The van der Waals surface area contributed by atoms with Gasteiger partial charge in [-0.3, -0.25) is 4.90 Å². The van der Waals surface area contributed by atoms with E-state index in [-0.39, 0.29) is 17.0 Å². The molecule has 1 fully saturated rings. The third-order valence-corrected chi connectivity index (χ3v) is 3.67. The number of nitriles is 1. The summed E-state index contributed by atoms with van der Waals surface area (Å²) in [6.45, 7) is 2.88. The molecule has 102 valence electrons. The molecule has 1 aromatic rings. The third kappa shape index (κ3) is 3.03. The summed E-state index contributed by atoms with van der Waals surface area (Å²) in [6.07, 6.45) is 0.0834. The lowest BCUT2D eigenvalue weighted by Crippen LogP contribution is -2.45. The average molecular weight is 286 g/mol.